The minimum Gasteiger partial charge on any atom is -0.383 e. The Balaban J connectivity index is 0.00000242. The van der Waals surface area contributed by atoms with Crippen molar-refractivity contribution in [1.82, 2.24) is 9.80 Å². The lowest BCUT2D eigenvalue weighted by Gasteiger charge is -2.42. The summed E-state index contributed by atoms with van der Waals surface area (Å²) in [6.45, 7) is 6.62. The average Bonchev–Trinajstić information content (AvgIpc) is 2.52. The van der Waals surface area contributed by atoms with Gasteiger partial charge in [-0.15, -0.1) is 24.8 Å². The third kappa shape index (κ3) is 6.39. The summed E-state index contributed by atoms with van der Waals surface area (Å²) in [7, 11) is 1.74. The van der Waals surface area contributed by atoms with Gasteiger partial charge in [0.05, 0.1) is 6.61 Å². The number of nitrogens with two attached hydrogens (primary N) is 1. The summed E-state index contributed by atoms with van der Waals surface area (Å²) in [4.78, 5) is 17.2. The molecule has 2 fully saturated rings. The molecule has 0 bridgehead atoms. The molecule has 0 radical (unpaired) electrons. The molecule has 1 saturated heterocycles. The van der Waals surface area contributed by atoms with Crippen LogP contribution in [0.25, 0.3) is 0 Å². The Morgan fingerprint density at radius 2 is 2.00 bits per heavy atom. The Bertz CT molecular complexity index is 347. The van der Waals surface area contributed by atoms with Crippen molar-refractivity contribution in [2.75, 3.05) is 39.9 Å². The Morgan fingerprint density at radius 1 is 1.26 bits per heavy atom. The number of piperazine rings is 1. The van der Waals surface area contributed by atoms with Crippen LogP contribution in [0.1, 0.15) is 39.0 Å². The molecule has 1 amide bonds. The highest BCUT2D eigenvalue weighted by atomic mass is 35.5. The van der Waals surface area contributed by atoms with Crippen LogP contribution in [0.4, 0.5) is 0 Å². The molecule has 2 N–H and O–H groups in total. The van der Waals surface area contributed by atoms with E-state index in [1.54, 1.807) is 7.11 Å². The van der Waals surface area contributed by atoms with E-state index in [0.29, 0.717) is 11.9 Å². The van der Waals surface area contributed by atoms with Crippen LogP contribution in [0, 0.1) is 5.92 Å². The van der Waals surface area contributed by atoms with Gasteiger partial charge in [-0.1, -0.05) is 13.3 Å². The number of nitrogens with zero attached hydrogens (tertiary/aromatic N) is 2. The van der Waals surface area contributed by atoms with Crippen molar-refractivity contribution >= 4 is 30.7 Å². The predicted molar refractivity (Wildman–Crippen MR) is 98.5 cm³/mol. The molecule has 1 heterocycles. The van der Waals surface area contributed by atoms with Gasteiger partial charge in [0.15, 0.2) is 0 Å². The molecule has 3 unspecified atom stereocenters. The van der Waals surface area contributed by atoms with Gasteiger partial charge in [0.1, 0.15) is 0 Å². The molecule has 23 heavy (non-hydrogen) atoms. The molecule has 1 aliphatic carbocycles. The van der Waals surface area contributed by atoms with Crippen LogP contribution in [0.15, 0.2) is 0 Å². The molecule has 1 aliphatic heterocycles. The summed E-state index contributed by atoms with van der Waals surface area (Å²) in [5, 5.41) is 0. The quantitative estimate of drug-likeness (QED) is 0.803. The van der Waals surface area contributed by atoms with E-state index in [4.69, 9.17) is 10.5 Å². The molecule has 2 aliphatic rings. The molecule has 7 heteroatoms. The molecule has 0 aromatic rings. The highest BCUT2D eigenvalue weighted by Gasteiger charge is 2.33. The first-order valence-corrected chi connectivity index (χ1v) is 8.43. The lowest BCUT2D eigenvalue weighted by Crippen LogP contribution is -2.56. The largest absolute Gasteiger partial charge is 0.383 e. The number of hydrogen-bond acceptors (Lipinski definition) is 4. The Hall–Kier alpha value is -0.0700. The van der Waals surface area contributed by atoms with E-state index < -0.39 is 0 Å². The average molecular weight is 370 g/mol. The second kappa shape index (κ2) is 11.5. The van der Waals surface area contributed by atoms with Crippen molar-refractivity contribution in [3.05, 3.63) is 0 Å². The highest BCUT2D eigenvalue weighted by Crippen LogP contribution is 2.26. The van der Waals surface area contributed by atoms with Crippen molar-refractivity contribution in [2.45, 2.75) is 51.1 Å². The normalized spacial score (nSPS) is 28.7. The summed E-state index contributed by atoms with van der Waals surface area (Å²) in [5.41, 5.74) is 6.03. The van der Waals surface area contributed by atoms with Crippen LogP contribution < -0.4 is 5.73 Å². The SMILES string of the molecule is CCC1CN(C(=O)C2CCCC(N)C2)CCN1CCOC.Cl.Cl. The van der Waals surface area contributed by atoms with Crippen LogP contribution >= 0.6 is 24.8 Å². The maximum Gasteiger partial charge on any atom is 0.225 e. The van der Waals surface area contributed by atoms with E-state index in [0.717, 1.165) is 64.9 Å². The number of carbonyl (C=O) groups excluding carboxylic acids is 1. The Kier molecular flexibility index (Phi) is 11.4. The van der Waals surface area contributed by atoms with Gasteiger partial charge >= 0.3 is 0 Å². The molecular formula is C16H33Cl2N3O2. The van der Waals surface area contributed by atoms with Gasteiger partial charge in [0.25, 0.3) is 0 Å². The smallest absolute Gasteiger partial charge is 0.225 e. The molecule has 0 aromatic carbocycles. The van der Waals surface area contributed by atoms with E-state index in [1.807, 2.05) is 0 Å². The number of ether oxygens (including phenoxy) is 1. The zero-order valence-corrected chi connectivity index (χ0v) is 16.0. The Labute approximate surface area is 153 Å². The molecule has 138 valence electrons. The van der Waals surface area contributed by atoms with Gasteiger partial charge in [-0.05, 0) is 25.7 Å². The summed E-state index contributed by atoms with van der Waals surface area (Å²) in [6.07, 6.45) is 5.15. The van der Waals surface area contributed by atoms with Crippen LogP contribution in [0.5, 0.6) is 0 Å². The Morgan fingerprint density at radius 3 is 2.61 bits per heavy atom. The minimum absolute atomic E-state index is 0. The van der Waals surface area contributed by atoms with E-state index in [9.17, 15) is 4.79 Å². The van der Waals surface area contributed by atoms with Crippen LogP contribution in [-0.2, 0) is 9.53 Å². The lowest BCUT2D eigenvalue weighted by atomic mass is 9.85. The van der Waals surface area contributed by atoms with Gasteiger partial charge in [-0.2, -0.15) is 0 Å². The highest BCUT2D eigenvalue weighted by molar-refractivity contribution is 5.85. The summed E-state index contributed by atoms with van der Waals surface area (Å²) in [5.74, 6) is 0.506. The fourth-order valence-electron chi connectivity index (χ4n) is 3.69. The number of rotatable bonds is 5. The van der Waals surface area contributed by atoms with Gasteiger partial charge in [0.2, 0.25) is 5.91 Å². The van der Waals surface area contributed by atoms with Crippen molar-refractivity contribution in [2.24, 2.45) is 11.7 Å². The van der Waals surface area contributed by atoms with Gasteiger partial charge in [0, 0.05) is 51.3 Å². The van der Waals surface area contributed by atoms with Crippen molar-refractivity contribution in [3.8, 4) is 0 Å². The maximum absolute atomic E-state index is 12.7. The fourth-order valence-corrected chi connectivity index (χ4v) is 3.69. The van der Waals surface area contributed by atoms with Crippen molar-refractivity contribution < 1.29 is 9.53 Å². The second-order valence-electron chi connectivity index (χ2n) is 6.50. The third-order valence-corrected chi connectivity index (χ3v) is 5.03. The second-order valence-corrected chi connectivity index (χ2v) is 6.50. The van der Waals surface area contributed by atoms with Crippen LogP contribution in [0.2, 0.25) is 0 Å². The number of methoxy groups -OCH3 is 1. The number of carbonyl (C=O) groups is 1. The zero-order valence-electron chi connectivity index (χ0n) is 14.4. The zero-order chi connectivity index (χ0) is 15.2. The molecule has 0 spiro atoms. The molecule has 0 aromatic heterocycles. The molecular weight excluding hydrogens is 337 g/mol. The molecule has 5 nitrogen and oxygen atoms in total. The molecule has 3 atom stereocenters. The standard InChI is InChI=1S/C16H31N3O2.2ClH/c1-3-15-12-19(8-7-18(15)9-10-21-2)16(20)13-5-4-6-14(17)11-13;;/h13-15H,3-12,17H2,1-2H3;2*1H. The van der Waals surface area contributed by atoms with Crippen LogP contribution in [0.3, 0.4) is 0 Å². The van der Waals surface area contributed by atoms with Crippen molar-refractivity contribution in [1.29, 1.82) is 0 Å². The number of amides is 1. The lowest BCUT2D eigenvalue weighted by molar-refractivity contribution is -0.140. The van der Waals surface area contributed by atoms with Gasteiger partial charge in [-0.3, -0.25) is 9.69 Å². The summed E-state index contributed by atoms with van der Waals surface area (Å²) >= 11 is 0. The first-order valence-electron chi connectivity index (χ1n) is 8.43. The van der Waals surface area contributed by atoms with E-state index in [1.165, 1.54) is 0 Å². The van der Waals surface area contributed by atoms with Crippen molar-refractivity contribution in [3.63, 3.8) is 0 Å². The first-order chi connectivity index (χ1) is 10.2. The van der Waals surface area contributed by atoms with E-state index in [2.05, 4.69) is 16.7 Å². The fraction of sp³-hybridized carbons (Fsp3) is 0.938. The van der Waals surface area contributed by atoms with Gasteiger partial charge in [-0.25, -0.2) is 0 Å². The minimum atomic E-state index is 0. The van der Waals surface area contributed by atoms with E-state index >= 15 is 0 Å². The van der Waals surface area contributed by atoms with Gasteiger partial charge < -0.3 is 15.4 Å². The summed E-state index contributed by atoms with van der Waals surface area (Å²) in [6, 6.07) is 0.688. The number of hydrogen-bond donors (Lipinski definition) is 1. The molecule has 2 rings (SSSR count). The molecule has 1 saturated carbocycles. The maximum atomic E-state index is 12.7. The number of halogens is 2. The third-order valence-electron chi connectivity index (χ3n) is 5.03. The monoisotopic (exact) mass is 369 g/mol. The van der Waals surface area contributed by atoms with E-state index in [-0.39, 0.29) is 36.8 Å². The summed E-state index contributed by atoms with van der Waals surface area (Å²) < 4.78 is 5.18. The predicted octanol–water partition coefficient (Wildman–Crippen LogP) is 1.92. The van der Waals surface area contributed by atoms with Crippen LogP contribution in [-0.4, -0.2) is 67.7 Å². The topological polar surface area (TPSA) is 58.8 Å². The first kappa shape index (κ1) is 22.9.